The number of H-pyrrole nitrogens is 1. The maximum atomic E-state index is 12.1. The Balaban J connectivity index is 1.77. The number of hydrogen-bond donors (Lipinski definition) is 2. The lowest BCUT2D eigenvalue weighted by Gasteiger charge is -2.06. The largest absolute Gasteiger partial charge is 0.361 e. The third-order valence-corrected chi connectivity index (χ3v) is 3.40. The molecule has 0 aliphatic carbocycles. The molecule has 0 radical (unpaired) electrons. The van der Waals surface area contributed by atoms with E-state index in [-0.39, 0.29) is 17.9 Å². The van der Waals surface area contributed by atoms with Gasteiger partial charge in [0.1, 0.15) is 0 Å². The number of carbonyl (C=O) groups is 1. The molecule has 3 rings (SSSR count). The first-order valence-electron chi connectivity index (χ1n) is 6.65. The van der Waals surface area contributed by atoms with Crippen molar-refractivity contribution in [2.45, 2.75) is 6.42 Å². The second kappa shape index (κ2) is 5.28. The number of carbonyl (C=O) groups excluding carboxylic acids is 1. The number of benzene rings is 1. The van der Waals surface area contributed by atoms with Crippen LogP contribution in [0.4, 0.5) is 5.69 Å². The SMILES string of the molecule is Cn1cc(NC(=O)Cc2c[nH]c3ccccc23)ccc1=O. The first-order valence-corrected chi connectivity index (χ1v) is 6.65. The van der Waals surface area contributed by atoms with Gasteiger partial charge >= 0.3 is 0 Å². The monoisotopic (exact) mass is 281 g/mol. The molecule has 0 unspecified atom stereocenters. The van der Waals surface area contributed by atoms with Crippen LogP contribution in [0.15, 0.2) is 53.6 Å². The zero-order valence-corrected chi connectivity index (χ0v) is 11.6. The predicted octanol–water partition coefficient (Wildman–Crippen LogP) is 2.05. The number of aromatic nitrogens is 2. The van der Waals surface area contributed by atoms with E-state index < -0.39 is 0 Å². The van der Waals surface area contributed by atoms with E-state index in [2.05, 4.69) is 10.3 Å². The summed E-state index contributed by atoms with van der Waals surface area (Å²) in [6.45, 7) is 0. The highest BCUT2D eigenvalue weighted by Gasteiger charge is 2.09. The molecule has 0 fully saturated rings. The molecule has 5 nitrogen and oxygen atoms in total. The molecule has 2 heterocycles. The van der Waals surface area contributed by atoms with Crippen molar-refractivity contribution >= 4 is 22.5 Å². The van der Waals surface area contributed by atoms with Gasteiger partial charge in [-0.3, -0.25) is 9.59 Å². The van der Waals surface area contributed by atoms with E-state index in [1.54, 1.807) is 19.3 Å². The summed E-state index contributed by atoms with van der Waals surface area (Å²) in [6, 6.07) is 10.9. The summed E-state index contributed by atoms with van der Waals surface area (Å²) in [5, 5.41) is 3.85. The number of amides is 1. The molecule has 0 atom stereocenters. The van der Waals surface area contributed by atoms with Crippen LogP contribution in [0.25, 0.3) is 10.9 Å². The van der Waals surface area contributed by atoms with Gasteiger partial charge in [-0.15, -0.1) is 0 Å². The average molecular weight is 281 g/mol. The molecule has 0 bridgehead atoms. The number of aromatic amines is 1. The number of nitrogens with zero attached hydrogens (tertiary/aromatic N) is 1. The fourth-order valence-electron chi connectivity index (χ4n) is 2.32. The van der Waals surface area contributed by atoms with E-state index >= 15 is 0 Å². The zero-order valence-electron chi connectivity index (χ0n) is 11.6. The Morgan fingerprint density at radius 1 is 1.24 bits per heavy atom. The number of nitrogens with one attached hydrogen (secondary N) is 2. The Labute approximate surface area is 121 Å². The number of fused-ring (bicyclic) bond motifs is 1. The summed E-state index contributed by atoms with van der Waals surface area (Å²) in [5.41, 5.74) is 2.47. The molecule has 1 aromatic carbocycles. The Morgan fingerprint density at radius 2 is 2.05 bits per heavy atom. The summed E-state index contributed by atoms with van der Waals surface area (Å²) < 4.78 is 1.43. The van der Waals surface area contributed by atoms with Crippen molar-refractivity contribution in [3.8, 4) is 0 Å². The summed E-state index contributed by atoms with van der Waals surface area (Å²) in [7, 11) is 1.65. The summed E-state index contributed by atoms with van der Waals surface area (Å²) >= 11 is 0. The Morgan fingerprint density at radius 3 is 2.86 bits per heavy atom. The number of aryl methyl sites for hydroxylation is 1. The van der Waals surface area contributed by atoms with E-state index in [9.17, 15) is 9.59 Å². The lowest BCUT2D eigenvalue weighted by atomic mass is 10.1. The third kappa shape index (κ3) is 2.72. The van der Waals surface area contributed by atoms with E-state index in [0.29, 0.717) is 5.69 Å². The number of anilines is 1. The predicted molar refractivity (Wildman–Crippen MR) is 82.3 cm³/mol. The van der Waals surface area contributed by atoms with Gasteiger partial charge in [0.25, 0.3) is 0 Å². The number of hydrogen-bond acceptors (Lipinski definition) is 2. The molecule has 21 heavy (non-hydrogen) atoms. The van der Waals surface area contributed by atoms with Crippen molar-refractivity contribution in [1.82, 2.24) is 9.55 Å². The van der Waals surface area contributed by atoms with Crippen LogP contribution in [-0.2, 0) is 18.3 Å². The molecule has 106 valence electrons. The fraction of sp³-hybridized carbons (Fsp3) is 0.125. The second-order valence-corrected chi connectivity index (χ2v) is 4.95. The van der Waals surface area contributed by atoms with Crippen molar-refractivity contribution in [2.75, 3.05) is 5.32 Å². The third-order valence-electron chi connectivity index (χ3n) is 3.40. The summed E-state index contributed by atoms with van der Waals surface area (Å²) in [4.78, 5) is 26.6. The van der Waals surface area contributed by atoms with Gasteiger partial charge in [0, 0.05) is 36.4 Å². The van der Waals surface area contributed by atoms with Crippen molar-refractivity contribution in [1.29, 1.82) is 0 Å². The van der Waals surface area contributed by atoms with Crippen LogP contribution in [0.2, 0.25) is 0 Å². The molecule has 0 spiro atoms. The van der Waals surface area contributed by atoms with E-state index in [4.69, 9.17) is 0 Å². The number of para-hydroxylation sites is 1. The van der Waals surface area contributed by atoms with Gasteiger partial charge in [-0.05, 0) is 17.7 Å². The Hall–Kier alpha value is -2.82. The standard InChI is InChI=1S/C16H15N3O2/c1-19-10-12(6-7-16(19)21)18-15(20)8-11-9-17-14-5-3-2-4-13(11)14/h2-7,9-10,17H,8H2,1H3,(H,18,20). The van der Waals surface area contributed by atoms with Gasteiger partial charge in [0.2, 0.25) is 11.5 Å². The molecule has 2 N–H and O–H groups in total. The quantitative estimate of drug-likeness (QED) is 0.771. The van der Waals surface area contributed by atoms with E-state index in [1.807, 2.05) is 30.5 Å². The van der Waals surface area contributed by atoms with Crippen LogP contribution in [0.3, 0.4) is 0 Å². The summed E-state index contributed by atoms with van der Waals surface area (Å²) in [5.74, 6) is -0.113. The Kier molecular flexibility index (Phi) is 3.31. The highest BCUT2D eigenvalue weighted by atomic mass is 16.1. The fourth-order valence-corrected chi connectivity index (χ4v) is 2.32. The molecule has 0 aliphatic heterocycles. The van der Waals surface area contributed by atoms with E-state index in [0.717, 1.165) is 16.5 Å². The van der Waals surface area contributed by atoms with Crippen molar-refractivity contribution in [3.05, 3.63) is 64.7 Å². The van der Waals surface area contributed by atoms with Gasteiger partial charge in [-0.2, -0.15) is 0 Å². The van der Waals surface area contributed by atoms with Crippen molar-refractivity contribution in [2.24, 2.45) is 7.05 Å². The minimum absolute atomic E-state index is 0.107. The molecule has 5 heteroatoms. The van der Waals surface area contributed by atoms with Gasteiger partial charge in [-0.25, -0.2) is 0 Å². The first kappa shape index (κ1) is 13.2. The van der Waals surface area contributed by atoms with Crippen LogP contribution in [-0.4, -0.2) is 15.5 Å². The summed E-state index contributed by atoms with van der Waals surface area (Å²) in [6.07, 6.45) is 3.74. The van der Waals surface area contributed by atoms with Crippen molar-refractivity contribution in [3.63, 3.8) is 0 Å². The smallest absolute Gasteiger partial charge is 0.250 e. The number of rotatable bonds is 3. The van der Waals surface area contributed by atoms with Crippen molar-refractivity contribution < 1.29 is 4.79 Å². The minimum Gasteiger partial charge on any atom is -0.361 e. The highest BCUT2D eigenvalue weighted by molar-refractivity contribution is 5.95. The first-order chi connectivity index (χ1) is 10.1. The average Bonchev–Trinajstić information content (AvgIpc) is 2.86. The maximum Gasteiger partial charge on any atom is 0.250 e. The van der Waals surface area contributed by atoms with E-state index in [1.165, 1.54) is 10.6 Å². The molecule has 0 saturated carbocycles. The van der Waals surface area contributed by atoms with Gasteiger partial charge in [0.15, 0.2) is 0 Å². The Bertz CT molecular complexity index is 861. The van der Waals surface area contributed by atoms with Crippen LogP contribution in [0.5, 0.6) is 0 Å². The molecule has 0 saturated heterocycles. The molecular formula is C16H15N3O2. The molecule has 0 aliphatic rings. The number of pyridine rings is 1. The topological polar surface area (TPSA) is 66.9 Å². The lowest BCUT2D eigenvalue weighted by molar-refractivity contribution is -0.115. The zero-order chi connectivity index (χ0) is 14.8. The minimum atomic E-state index is -0.113. The van der Waals surface area contributed by atoms with Gasteiger partial charge in [-0.1, -0.05) is 18.2 Å². The second-order valence-electron chi connectivity index (χ2n) is 4.95. The molecular weight excluding hydrogens is 266 g/mol. The van der Waals surface area contributed by atoms with Crippen LogP contribution < -0.4 is 10.9 Å². The van der Waals surface area contributed by atoms with Crippen LogP contribution in [0, 0.1) is 0 Å². The molecule has 1 amide bonds. The van der Waals surface area contributed by atoms with Gasteiger partial charge in [0.05, 0.1) is 12.1 Å². The highest BCUT2D eigenvalue weighted by Crippen LogP contribution is 2.18. The van der Waals surface area contributed by atoms with Gasteiger partial charge < -0.3 is 14.9 Å². The molecule has 2 aromatic heterocycles. The molecule has 3 aromatic rings. The lowest BCUT2D eigenvalue weighted by Crippen LogP contribution is -2.18. The van der Waals surface area contributed by atoms with Crippen LogP contribution >= 0.6 is 0 Å². The normalized spacial score (nSPS) is 10.7. The maximum absolute atomic E-state index is 12.1. The van der Waals surface area contributed by atoms with Crippen LogP contribution in [0.1, 0.15) is 5.56 Å².